The number of nitrogens with zero attached hydrogens (tertiary/aromatic N) is 3. The summed E-state index contributed by atoms with van der Waals surface area (Å²) in [5.74, 6) is 0.539. The lowest BCUT2D eigenvalue weighted by Gasteiger charge is -2.34. The first kappa shape index (κ1) is 21.8. The van der Waals surface area contributed by atoms with Crippen LogP contribution >= 0.6 is 0 Å². The Hall–Kier alpha value is -2.92. The number of carbonyl (C=O) groups excluding carboxylic acids is 1. The number of aromatic nitrogens is 1. The molecule has 0 saturated carbocycles. The topological polar surface area (TPSA) is 88.6 Å². The number of ether oxygens (including phenoxy) is 2. The molecule has 1 saturated heterocycles. The van der Waals surface area contributed by atoms with Crippen LogP contribution in [-0.4, -0.2) is 40.2 Å². The van der Waals surface area contributed by atoms with Gasteiger partial charge in [0.05, 0.1) is 24.2 Å². The van der Waals surface area contributed by atoms with Crippen molar-refractivity contribution in [1.82, 2.24) is 10.1 Å². The molecule has 2 atom stereocenters. The highest BCUT2D eigenvalue weighted by Gasteiger charge is 2.51. The summed E-state index contributed by atoms with van der Waals surface area (Å²) in [6.45, 7) is 7.97. The summed E-state index contributed by atoms with van der Waals surface area (Å²) in [5.41, 5.74) is 0.336. The zero-order valence-electron chi connectivity index (χ0n) is 17.8. The lowest BCUT2D eigenvalue weighted by atomic mass is 10.0. The van der Waals surface area contributed by atoms with Gasteiger partial charge in [0.25, 0.3) is 0 Å². The lowest BCUT2D eigenvalue weighted by Crippen LogP contribution is -2.50. The number of carbonyl (C=O) groups is 1. The number of benzene rings is 1. The first-order valence-electron chi connectivity index (χ1n) is 9.74. The van der Waals surface area contributed by atoms with Gasteiger partial charge in [-0.1, -0.05) is 29.4 Å². The second-order valence-corrected chi connectivity index (χ2v) is 8.70. The van der Waals surface area contributed by atoms with Crippen LogP contribution in [-0.2, 0) is 15.9 Å². The van der Waals surface area contributed by atoms with Gasteiger partial charge in [0.2, 0.25) is 0 Å². The van der Waals surface area contributed by atoms with Crippen LogP contribution in [0.4, 0.5) is 9.18 Å². The molecule has 0 bridgehead atoms. The molecule has 0 unspecified atom stereocenters. The van der Waals surface area contributed by atoms with Crippen molar-refractivity contribution in [2.75, 3.05) is 6.67 Å². The summed E-state index contributed by atoms with van der Waals surface area (Å²) < 4.78 is 30.9. The molecule has 160 valence electrons. The van der Waals surface area contributed by atoms with Gasteiger partial charge in [-0.25, -0.2) is 9.18 Å². The third-order valence-electron chi connectivity index (χ3n) is 4.77. The molecule has 1 aliphatic rings. The number of hydrogen-bond donors (Lipinski definition) is 0. The van der Waals surface area contributed by atoms with Gasteiger partial charge in [0, 0.05) is 11.6 Å². The molecule has 0 aliphatic carbocycles. The molecule has 1 aromatic heterocycles. The van der Waals surface area contributed by atoms with Gasteiger partial charge in [0.15, 0.2) is 5.76 Å². The van der Waals surface area contributed by atoms with E-state index < -0.39 is 36.2 Å². The first-order valence-corrected chi connectivity index (χ1v) is 9.74. The van der Waals surface area contributed by atoms with Crippen molar-refractivity contribution < 1.29 is 23.2 Å². The smallest absolute Gasteiger partial charge is 0.413 e. The van der Waals surface area contributed by atoms with Gasteiger partial charge in [-0.3, -0.25) is 4.90 Å². The zero-order chi connectivity index (χ0) is 22.1. The maximum Gasteiger partial charge on any atom is 0.413 e. The Morgan fingerprint density at radius 1 is 1.33 bits per heavy atom. The highest BCUT2D eigenvalue weighted by Crippen LogP contribution is 2.42. The molecule has 2 aromatic rings. The fourth-order valence-corrected chi connectivity index (χ4v) is 3.54. The van der Waals surface area contributed by atoms with Crippen molar-refractivity contribution in [3.63, 3.8) is 0 Å². The molecular weight excluding hydrogens is 389 g/mol. The quantitative estimate of drug-likeness (QED) is 0.713. The van der Waals surface area contributed by atoms with Crippen LogP contribution in [0.25, 0.3) is 11.3 Å². The maximum atomic E-state index is 14.1. The van der Waals surface area contributed by atoms with Crippen LogP contribution in [0, 0.1) is 11.3 Å². The summed E-state index contributed by atoms with van der Waals surface area (Å²) in [5, 5.41) is 12.6. The molecule has 0 N–H and O–H groups in total. The van der Waals surface area contributed by atoms with Gasteiger partial charge in [-0.05, 0) is 40.2 Å². The van der Waals surface area contributed by atoms with Crippen LogP contribution in [0.5, 0.6) is 0 Å². The minimum atomic E-state index is -1.03. The van der Waals surface area contributed by atoms with Crippen LogP contribution < -0.4 is 0 Å². The van der Waals surface area contributed by atoms with Crippen LogP contribution in [0.15, 0.2) is 34.9 Å². The van der Waals surface area contributed by atoms with Crippen molar-refractivity contribution in [2.24, 2.45) is 0 Å². The molecule has 2 heterocycles. The van der Waals surface area contributed by atoms with Gasteiger partial charge < -0.3 is 14.0 Å². The van der Waals surface area contributed by atoms with Gasteiger partial charge >= 0.3 is 6.09 Å². The summed E-state index contributed by atoms with van der Waals surface area (Å²) in [7, 11) is 0. The first-order chi connectivity index (χ1) is 14.1. The van der Waals surface area contributed by atoms with Gasteiger partial charge in [-0.15, -0.1) is 0 Å². The molecule has 0 spiro atoms. The normalized spacial score (nSPS) is 20.8. The van der Waals surface area contributed by atoms with E-state index in [4.69, 9.17) is 19.3 Å². The van der Waals surface area contributed by atoms with E-state index in [1.807, 2.05) is 30.3 Å². The standard InChI is InChI=1S/C22H26FN3O4/c1-21(2,3)29-20(27)26-17(13-23)19(28-22(26,4)5)15-8-6-14(7-9-15)18-12-16(10-11-24)25-30-18/h6-9,12,17,19H,10,13H2,1-5H3/t17-,19-/m1/s1. The Labute approximate surface area is 175 Å². The van der Waals surface area contributed by atoms with E-state index in [1.165, 1.54) is 4.90 Å². The van der Waals surface area contributed by atoms with Crippen molar-refractivity contribution in [1.29, 1.82) is 5.26 Å². The SMILES string of the molecule is CC(C)(C)OC(=O)N1[C@H](CF)[C@@H](c2ccc(-c3cc(CC#N)no3)cc2)OC1(C)C. The lowest BCUT2D eigenvalue weighted by molar-refractivity contribution is -0.0797. The van der Waals surface area contributed by atoms with Crippen LogP contribution in [0.2, 0.25) is 0 Å². The van der Waals surface area contributed by atoms with Gasteiger partial charge in [0.1, 0.15) is 24.1 Å². The number of hydrogen-bond acceptors (Lipinski definition) is 6. The van der Waals surface area contributed by atoms with E-state index >= 15 is 0 Å². The Morgan fingerprint density at radius 3 is 2.57 bits per heavy atom. The highest BCUT2D eigenvalue weighted by atomic mass is 19.1. The average Bonchev–Trinajstić information content (AvgIpc) is 3.22. The van der Waals surface area contributed by atoms with E-state index in [0.717, 1.165) is 11.1 Å². The maximum absolute atomic E-state index is 14.1. The number of halogens is 1. The van der Waals surface area contributed by atoms with E-state index in [9.17, 15) is 9.18 Å². The molecule has 30 heavy (non-hydrogen) atoms. The van der Waals surface area contributed by atoms with Crippen molar-refractivity contribution >= 4 is 6.09 Å². The van der Waals surface area contributed by atoms with Gasteiger partial charge in [-0.2, -0.15) is 5.26 Å². The van der Waals surface area contributed by atoms with Crippen molar-refractivity contribution in [3.05, 3.63) is 41.6 Å². The molecule has 1 aliphatic heterocycles. The number of amides is 1. The monoisotopic (exact) mass is 415 g/mol. The largest absolute Gasteiger partial charge is 0.444 e. The molecule has 3 rings (SSSR count). The third-order valence-corrected chi connectivity index (χ3v) is 4.77. The zero-order valence-corrected chi connectivity index (χ0v) is 17.8. The highest BCUT2D eigenvalue weighted by molar-refractivity contribution is 5.70. The van der Waals surface area contributed by atoms with Crippen molar-refractivity contribution in [2.45, 2.75) is 64.5 Å². The Morgan fingerprint density at radius 2 is 2.00 bits per heavy atom. The number of nitriles is 1. The minimum absolute atomic E-state index is 0.172. The predicted molar refractivity (Wildman–Crippen MR) is 107 cm³/mol. The molecule has 8 heteroatoms. The Bertz CT molecular complexity index is 941. The second kappa shape index (κ2) is 8.07. The molecule has 0 radical (unpaired) electrons. The molecule has 1 amide bonds. The van der Waals surface area contributed by atoms with Crippen LogP contribution in [0.1, 0.15) is 52.0 Å². The fraction of sp³-hybridized carbons (Fsp3) is 0.500. The van der Waals surface area contributed by atoms with E-state index in [2.05, 4.69) is 5.16 Å². The van der Waals surface area contributed by atoms with E-state index in [-0.39, 0.29) is 6.42 Å². The number of alkyl halides is 1. The van der Waals surface area contributed by atoms with Crippen LogP contribution in [0.3, 0.4) is 0 Å². The fourth-order valence-electron chi connectivity index (χ4n) is 3.54. The molecular formula is C22H26FN3O4. The predicted octanol–water partition coefficient (Wildman–Crippen LogP) is 4.79. The summed E-state index contributed by atoms with van der Waals surface area (Å²) >= 11 is 0. The summed E-state index contributed by atoms with van der Waals surface area (Å²) in [4.78, 5) is 14.1. The third kappa shape index (κ3) is 4.46. The van der Waals surface area contributed by atoms with E-state index in [0.29, 0.717) is 11.5 Å². The molecule has 1 aromatic carbocycles. The molecule has 7 nitrogen and oxygen atoms in total. The number of rotatable bonds is 4. The summed E-state index contributed by atoms with van der Waals surface area (Å²) in [6, 6.07) is 10.2. The average molecular weight is 415 g/mol. The Kier molecular flexibility index (Phi) is 5.86. The summed E-state index contributed by atoms with van der Waals surface area (Å²) in [6.07, 6.45) is -1.08. The Balaban J connectivity index is 1.84. The molecule has 1 fully saturated rings. The second-order valence-electron chi connectivity index (χ2n) is 8.70. The van der Waals surface area contributed by atoms with Crippen molar-refractivity contribution in [3.8, 4) is 17.4 Å². The van der Waals surface area contributed by atoms with E-state index in [1.54, 1.807) is 40.7 Å². The minimum Gasteiger partial charge on any atom is -0.444 e.